The minimum atomic E-state index is 0.431. The normalized spacial score (nSPS) is 11.2. The van der Waals surface area contributed by atoms with Crippen LogP contribution in [0.1, 0.15) is 19.6 Å². The molecule has 1 aromatic carbocycles. The number of furan rings is 1. The molecule has 3 aromatic rings. The molecule has 7 heteroatoms. The zero-order valence-electron chi connectivity index (χ0n) is 13.6. The smallest absolute Gasteiger partial charge is 0.216 e. The van der Waals surface area contributed by atoms with Crippen molar-refractivity contribution >= 4 is 24.1 Å². The number of benzene rings is 1. The topological polar surface area (TPSA) is 62.4 Å². The Hall–Kier alpha value is -2.67. The zero-order valence-corrected chi connectivity index (χ0v) is 14.5. The molecule has 0 bridgehead atoms. The van der Waals surface area contributed by atoms with E-state index >= 15 is 0 Å². The summed E-state index contributed by atoms with van der Waals surface area (Å²) in [7, 11) is 0. The molecule has 2 aromatic heterocycles. The molecule has 24 heavy (non-hydrogen) atoms. The largest absolute Gasteiger partial charge is 0.463 e. The van der Waals surface area contributed by atoms with Crippen LogP contribution in [-0.4, -0.2) is 34.2 Å². The summed E-state index contributed by atoms with van der Waals surface area (Å²) < 4.78 is 7.27. The summed E-state index contributed by atoms with van der Waals surface area (Å²) in [6, 6.07) is 11.9. The van der Waals surface area contributed by atoms with Gasteiger partial charge in [-0.3, -0.25) is 0 Å². The number of rotatable bonds is 6. The van der Waals surface area contributed by atoms with E-state index in [0.29, 0.717) is 16.4 Å². The molecule has 2 heterocycles. The molecule has 0 amide bonds. The van der Waals surface area contributed by atoms with E-state index in [1.54, 1.807) is 17.2 Å². The number of anilines is 1. The Morgan fingerprint density at radius 2 is 2.00 bits per heavy atom. The second-order valence-corrected chi connectivity index (χ2v) is 5.53. The molecule has 0 aliphatic carbocycles. The van der Waals surface area contributed by atoms with Crippen LogP contribution in [0.2, 0.25) is 0 Å². The molecule has 1 N–H and O–H groups in total. The highest BCUT2D eigenvalue weighted by atomic mass is 32.1. The van der Waals surface area contributed by atoms with Crippen LogP contribution in [0.25, 0.3) is 11.4 Å². The van der Waals surface area contributed by atoms with Crippen LogP contribution in [0.4, 0.5) is 5.69 Å². The average molecular weight is 341 g/mol. The first-order chi connectivity index (χ1) is 11.7. The summed E-state index contributed by atoms with van der Waals surface area (Å²) in [5, 5.41) is 11.4. The molecule has 3 rings (SSSR count). The van der Waals surface area contributed by atoms with Crippen molar-refractivity contribution in [3.05, 3.63) is 53.2 Å². The van der Waals surface area contributed by atoms with Crippen molar-refractivity contribution in [2.75, 3.05) is 18.0 Å². The van der Waals surface area contributed by atoms with E-state index in [0.717, 1.165) is 18.7 Å². The Balaban J connectivity index is 1.91. The lowest BCUT2D eigenvalue weighted by Gasteiger charge is -2.20. The van der Waals surface area contributed by atoms with Gasteiger partial charge in [0.1, 0.15) is 5.76 Å². The first-order valence-electron chi connectivity index (χ1n) is 7.83. The standard InChI is InChI=1S/C17H19N5OS/c1-3-21(4-2)14-9-7-13(8-10-14)16-19-20-17(24)22(16)18-12-15-6-5-11-23-15/h5-12H,3-4H2,1-2H3,(H,20,24). The first-order valence-corrected chi connectivity index (χ1v) is 8.24. The van der Waals surface area contributed by atoms with E-state index in [-0.39, 0.29) is 0 Å². The van der Waals surface area contributed by atoms with Crippen molar-refractivity contribution < 1.29 is 4.42 Å². The van der Waals surface area contributed by atoms with Crippen molar-refractivity contribution in [3.63, 3.8) is 0 Å². The van der Waals surface area contributed by atoms with Crippen LogP contribution in [0.5, 0.6) is 0 Å². The maximum atomic E-state index is 5.26. The molecule has 0 aliphatic heterocycles. The third-order valence-electron chi connectivity index (χ3n) is 3.75. The molecule has 0 unspecified atom stereocenters. The van der Waals surface area contributed by atoms with Crippen LogP contribution in [0.3, 0.4) is 0 Å². The van der Waals surface area contributed by atoms with Crippen molar-refractivity contribution in [2.45, 2.75) is 13.8 Å². The summed E-state index contributed by atoms with van der Waals surface area (Å²) >= 11 is 5.26. The Morgan fingerprint density at radius 1 is 1.25 bits per heavy atom. The molecule has 124 valence electrons. The van der Waals surface area contributed by atoms with Crippen LogP contribution < -0.4 is 4.90 Å². The summed E-state index contributed by atoms with van der Waals surface area (Å²) in [6.07, 6.45) is 3.21. The fourth-order valence-electron chi connectivity index (χ4n) is 2.48. The second kappa shape index (κ2) is 7.27. The molecular weight excluding hydrogens is 322 g/mol. The van der Waals surface area contributed by atoms with Gasteiger partial charge in [0, 0.05) is 24.3 Å². The van der Waals surface area contributed by atoms with Gasteiger partial charge in [-0.1, -0.05) is 0 Å². The predicted octanol–water partition coefficient (Wildman–Crippen LogP) is 3.93. The third-order valence-corrected chi connectivity index (χ3v) is 4.01. The fraction of sp³-hybridized carbons (Fsp3) is 0.235. The molecule has 6 nitrogen and oxygen atoms in total. The van der Waals surface area contributed by atoms with Gasteiger partial charge in [0.15, 0.2) is 5.82 Å². The van der Waals surface area contributed by atoms with Crippen molar-refractivity contribution in [3.8, 4) is 11.4 Å². The lowest BCUT2D eigenvalue weighted by molar-refractivity contribution is 0.559. The fourth-order valence-corrected chi connectivity index (χ4v) is 2.65. The highest BCUT2D eigenvalue weighted by Gasteiger charge is 2.09. The SMILES string of the molecule is CCN(CC)c1ccc(-c2n[nH]c(=S)n2N=Cc2ccco2)cc1. The summed E-state index contributed by atoms with van der Waals surface area (Å²) in [6.45, 7) is 6.24. The third kappa shape index (κ3) is 3.30. The molecule has 0 spiro atoms. The van der Waals surface area contributed by atoms with Gasteiger partial charge in [0.2, 0.25) is 4.77 Å². The number of nitrogens with one attached hydrogen (secondary N) is 1. The second-order valence-electron chi connectivity index (χ2n) is 5.14. The van der Waals surface area contributed by atoms with Gasteiger partial charge in [-0.15, -0.1) is 0 Å². The Bertz CT molecular complexity index is 857. The van der Waals surface area contributed by atoms with Gasteiger partial charge >= 0.3 is 0 Å². The van der Waals surface area contributed by atoms with E-state index in [1.807, 2.05) is 24.3 Å². The molecule has 0 radical (unpaired) electrons. The highest BCUT2D eigenvalue weighted by Crippen LogP contribution is 2.22. The molecule has 0 aliphatic rings. The average Bonchev–Trinajstić information content (AvgIpc) is 3.24. The van der Waals surface area contributed by atoms with Crippen LogP contribution in [0, 0.1) is 4.77 Å². The lowest BCUT2D eigenvalue weighted by atomic mass is 10.2. The van der Waals surface area contributed by atoms with E-state index in [4.69, 9.17) is 16.6 Å². The molecule has 0 saturated heterocycles. The van der Waals surface area contributed by atoms with Gasteiger partial charge in [-0.05, 0) is 62.5 Å². The quantitative estimate of drug-likeness (QED) is 0.545. The van der Waals surface area contributed by atoms with Crippen molar-refractivity contribution in [2.24, 2.45) is 5.10 Å². The Labute approximate surface area is 145 Å². The summed E-state index contributed by atoms with van der Waals surface area (Å²) in [4.78, 5) is 2.29. The number of aromatic nitrogens is 3. The van der Waals surface area contributed by atoms with Crippen LogP contribution >= 0.6 is 12.2 Å². The van der Waals surface area contributed by atoms with Crippen molar-refractivity contribution in [1.82, 2.24) is 14.9 Å². The summed E-state index contributed by atoms with van der Waals surface area (Å²) in [5.74, 6) is 1.31. The van der Waals surface area contributed by atoms with Gasteiger partial charge in [-0.25, -0.2) is 5.10 Å². The van der Waals surface area contributed by atoms with E-state index in [9.17, 15) is 0 Å². The number of hydrogen-bond donors (Lipinski definition) is 1. The minimum absolute atomic E-state index is 0.431. The van der Waals surface area contributed by atoms with E-state index in [2.05, 4.69) is 46.2 Å². The number of aromatic amines is 1. The molecule has 0 saturated carbocycles. The monoisotopic (exact) mass is 341 g/mol. The maximum Gasteiger partial charge on any atom is 0.216 e. The maximum absolute atomic E-state index is 5.26. The lowest BCUT2D eigenvalue weighted by Crippen LogP contribution is -2.21. The van der Waals surface area contributed by atoms with Gasteiger partial charge in [0.25, 0.3) is 0 Å². The number of H-pyrrole nitrogens is 1. The van der Waals surface area contributed by atoms with Gasteiger partial charge in [0.05, 0.1) is 12.5 Å². The Morgan fingerprint density at radius 3 is 2.62 bits per heavy atom. The van der Waals surface area contributed by atoms with E-state index in [1.165, 1.54) is 5.69 Å². The highest BCUT2D eigenvalue weighted by molar-refractivity contribution is 7.71. The number of nitrogens with zero attached hydrogens (tertiary/aromatic N) is 4. The van der Waals surface area contributed by atoms with Crippen LogP contribution in [-0.2, 0) is 0 Å². The molecular formula is C17H19N5OS. The molecule has 0 fully saturated rings. The van der Waals surface area contributed by atoms with E-state index < -0.39 is 0 Å². The van der Waals surface area contributed by atoms with Crippen molar-refractivity contribution in [1.29, 1.82) is 0 Å². The number of hydrogen-bond acceptors (Lipinski definition) is 5. The first kappa shape index (κ1) is 16.2. The van der Waals surface area contributed by atoms with Gasteiger partial charge in [-0.2, -0.15) is 14.9 Å². The Kier molecular flexibility index (Phi) is 4.90. The summed E-state index contributed by atoms with van der Waals surface area (Å²) in [5.41, 5.74) is 2.12. The van der Waals surface area contributed by atoms with Crippen LogP contribution in [0.15, 0.2) is 52.2 Å². The predicted molar refractivity (Wildman–Crippen MR) is 98.1 cm³/mol. The molecule has 0 atom stereocenters. The van der Waals surface area contributed by atoms with Gasteiger partial charge < -0.3 is 9.32 Å². The zero-order chi connectivity index (χ0) is 16.9. The minimum Gasteiger partial charge on any atom is -0.463 e.